The van der Waals surface area contributed by atoms with Crippen LogP contribution in [0.2, 0.25) is 0 Å². The molecule has 2 N–H and O–H groups in total. The maximum Gasteiger partial charge on any atom is 0.00927 e. The van der Waals surface area contributed by atoms with Gasteiger partial charge in [-0.05, 0) is 51.4 Å². The van der Waals surface area contributed by atoms with E-state index in [0.717, 1.165) is 11.6 Å². The van der Waals surface area contributed by atoms with Crippen molar-refractivity contribution in [2.24, 2.45) is 29.4 Å². The lowest BCUT2D eigenvalue weighted by Gasteiger charge is -2.17. The van der Waals surface area contributed by atoms with Gasteiger partial charge >= 0.3 is 0 Å². The largest absolute Gasteiger partial charge is 0.402 e. The van der Waals surface area contributed by atoms with Gasteiger partial charge in [0.1, 0.15) is 0 Å². The van der Waals surface area contributed by atoms with Gasteiger partial charge in [-0.3, -0.25) is 0 Å². The van der Waals surface area contributed by atoms with Crippen molar-refractivity contribution in [1.29, 1.82) is 0 Å². The van der Waals surface area contributed by atoms with Crippen LogP contribution in [-0.4, -0.2) is 0 Å². The number of hydrogen-bond donors (Lipinski definition) is 1. The first kappa shape index (κ1) is 30.2. The van der Waals surface area contributed by atoms with E-state index in [9.17, 15) is 0 Å². The molecule has 0 aromatic rings. The van der Waals surface area contributed by atoms with E-state index in [1.807, 2.05) is 13.8 Å². The van der Waals surface area contributed by atoms with E-state index in [1.165, 1.54) is 11.1 Å². The van der Waals surface area contributed by atoms with E-state index in [0.29, 0.717) is 17.8 Å². The Morgan fingerprint density at radius 2 is 0.826 bits per heavy atom. The highest BCUT2D eigenvalue weighted by Crippen LogP contribution is 2.22. The van der Waals surface area contributed by atoms with Gasteiger partial charge in [0.05, 0.1) is 0 Å². The Balaban J connectivity index is -0.000000125. The second-order valence-electron chi connectivity index (χ2n) is 8.11. The lowest BCUT2D eigenvalue weighted by molar-refractivity contribution is 0.615. The fraction of sp³-hybridized carbons (Fsp3) is 0.818. The Morgan fingerprint density at radius 3 is 0.826 bits per heavy atom. The average molecular weight is 328 g/mol. The highest BCUT2D eigenvalue weighted by Gasteiger charge is 2.08. The normalized spacial score (nSPS) is 9.61. The van der Waals surface area contributed by atoms with Crippen LogP contribution < -0.4 is 5.73 Å². The van der Waals surface area contributed by atoms with E-state index >= 15 is 0 Å². The number of nitrogens with two attached hydrogens (primary N) is 1. The van der Waals surface area contributed by atoms with Gasteiger partial charge in [0.15, 0.2) is 0 Å². The minimum Gasteiger partial charge on any atom is -0.402 e. The molecule has 1 nitrogen and oxygen atoms in total. The van der Waals surface area contributed by atoms with E-state index in [4.69, 9.17) is 5.73 Å². The van der Waals surface area contributed by atoms with Gasteiger partial charge in [0.25, 0.3) is 0 Å². The Labute approximate surface area is 149 Å². The van der Waals surface area contributed by atoms with Gasteiger partial charge in [-0.1, -0.05) is 86.5 Å². The zero-order chi connectivity index (χ0) is 18.6. The number of allylic oxidation sites excluding steroid dienone is 4. The molecule has 0 heterocycles. The molecule has 0 amide bonds. The molecule has 0 radical (unpaired) electrons. The van der Waals surface area contributed by atoms with E-state index < -0.39 is 0 Å². The quantitative estimate of drug-likeness (QED) is 0.525. The van der Waals surface area contributed by atoms with Crippen LogP contribution in [0.5, 0.6) is 0 Å². The van der Waals surface area contributed by atoms with E-state index in [1.54, 1.807) is 5.57 Å². The fourth-order valence-electron chi connectivity index (χ4n) is 2.40. The zero-order valence-electron chi connectivity index (χ0n) is 17.9. The average Bonchev–Trinajstić information content (AvgIpc) is 2.25. The minimum atomic E-state index is 0. The summed E-state index contributed by atoms with van der Waals surface area (Å²) in [4.78, 5) is 0. The molecule has 23 heavy (non-hydrogen) atoms. The Bertz CT molecular complexity index is 307. The van der Waals surface area contributed by atoms with Crippen molar-refractivity contribution in [3.8, 4) is 0 Å². The van der Waals surface area contributed by atoms with Crippen molar-refractivity contribution in [2.75, 3.05) is 0 Å². The second kappa shape index (κ2) is 16.1. The van der Waals surface area contributed by atoms with Crippen molar-refractivity contribution in [2.45, 2.75) is 97.4 Å². The third-order valence-corrected chi connectivity index (χ3v) is 3.02. The molecular formula is C22H49N. The predicted molar refractivity (Wildman–Crippen MR) is 113 cm³/mol. The van der Waals surface area contributed by atoms with Gasteiger partial charge in [0.2, 0.25) is 0 Å². The smallest absolute Gasteiger partial charge is 0.00927 e. The maximum atomic E-state index is 5.64. The molecule has 0 saturated heterocycles. The molecule has 0 saturated carbocycles. The van der Waals surface area contributed by atoms with Crippen molar-refractivity contribution in [3.05, 3.63) is 22.4 Å². The molecule has 0 spiro atoms. The molecule has 0 bridgehead atoms. The molecule has 0 aromatic heterocycles. The van der Waals surface area contributed by atoms with Gasteiger partial charge in [-0.25, -0.2) is 0 Å². The first-order valence-corrected chi connectivity index (χ1v) is 8.85. The standard InChI is InChI=1S/C10H20.C7H15N.C4H10.CH4/c1-7(2)10(8(3)4)9(5)6;1-5(2)7(8)6(3)4;1-4(2)3;/h7-8H,1-6H3;5H,8H2,1-4H3;4H,1-3H3;1H4. The monoisotopic (exact) mass is 327 g/mol. The molecule has 0 aliphatic heterocycles. The van der Waals surface area contributed by atoms with Crippen LogP contribution in [0.3, 0.4) is 0 Å². The zero-order valence-corrected chi connectivity index (χ0v) is 17.9. The van der Waals surface area contributed by atoms with Gasteiger partial charge < -0.3 is 5.73 Å². The second-order valence-corrected chi connectivity index (χ2v) is 8.11. The lowest BCUT2D eigenvalue weighted by Crippen LogP contribution is -2.06. The summed E-state index contributed by atoms with van der Waals surface area (Å²) in [5, 5.41) is 0. The predicted octanol–water partition coefficient (Wildman–Crippen LogP) is 7.83. The van der Waals surface area contributed by atoms with Gasteiger partial charge in [0, 0.05) is 5.70 Å². The maximum absolute atomic E-state index is 5.64. The van der Waals surface area contributed by atoms with Crippen LogP contribution in [0.25, 0.3) is 0 Å². The summed E-state index contributed by atoms with van der Waals surface area (Å²) in [7, 11) is 0. The summed E-state index contributed by atoms with van der Waals surface area (Å²) in [6.45, 7) is 28.2. The van der Waals surface area contributed by atoms with Gasteiger partial charge in [-0.15, -0.1) is 0 Å². The summed E-state index contributed by atoms with van der Waals surface area (Å²) < 4.78 is 0. The van der Waals surface area contributed by atoms with Crippen LogP contribution in [0.4, 0.5) is 0 Å². The Hall–Kier alpha value is -0.720. The minimum absolute atomic E-state index is 0. The summed E-state index contributed by atoms with van der Waals surface area (Å²) >= 11 is 0. The number of rotatable bonds is 3. The van der Waals surface area contributed by atoms with E-state index in [2.05, 4.69) is 76.2 Å². The third-order valence-electron chi connectivity index (χ3n) is 3.02. The van der Waals surface area contributed by atoms with Crippen LogP contribution in [-0.2, 0) is 0 Å². The van der Waals surface area contributed by atoms with E-state index in [-0.39, 0.29) is 7.43 Å². The Kier molecular flexibility index (Phi) is 21.2. The SMILES string of the molecule is C.CC(C)=C(C(C)C)C(C)C.CC(C)=C(N)C(C)C.CC(C)C. The number of hydrogen-bond acceptors (Lipinski definition) is 1. The molecule has 142 valence electrons. The van der Waals surface area contributed by atoms with Crippen molar-refractivity contribution in [3.63, 3.8) is 0 Å². The van der Waals surface area contributed by atoms with Crippen LogP contribution >= 0.6 is 0 Å². The van der Waals surface area contributed by atoms with Crippen molar-refractivity contribution in [1.82, 2.24) is 0 Å². The molecular weight excluding hydrogens is 278 g/mol. The molecule has 0 unspecified atom stereocenters. The molecule has 1 heteroatoms. The highest BCUT2D eigenvalue weighted by atomic mass is 14.6. The molecule has 0 fully saturated rings. The molecule has 0 aliphatic carbocycles. The van der Waals surface area contributed by atoms with Crippen LogP contribution in [0.1, 0.15) is 97.4 Å². The van der Waals surface area contributed by atoms with Crippen molar-refractivity contribution >= 4 is 0 Å². The molecule has 0 atom stereocenters. The topological polar surface area (TPSA) is 26.0 Å². The summed E-state index contributed by atoms with van der Waals surface area (Å²) in [5.74, 6) is 2.76. The first-order valence-electron chi connectivity index (χ1n) is 8.85. The summed E-state index contributed by atoms with van der Waals surface area (Å²) in [6.07, 6.45) is 0. The van der Waals surface area contributed by atoms with Crippen LogP contribution in [0.15, 0.2) is 22.4 Å². The molecule has 0 aromatic carbocycles. The lowest BCUT2D eigenvalue weighted by atomic mass is 9.89. The van der Waals surface area contributed by atoms with Crippen LogP contribution in [0, 0.1) is 23.7 Å². The van der Waals surface area contributed by atoms with Crippen molar-refractivity contribution < 1.29 is 0 Å². The Morgan fingerprint density at radius 1 is 0.565 bits per heavy atom. The fourth-order valence-corrected chi connectivity index (χ4v) is 2.40. The first-order chi connectivity index (χ1) is 9.75. The van der Waals surface area contributed by atoms with Gasteiger partial charge in [-0.2, -0.15) is 0 Å². The molecule has 0 rings (SSSR count). The molecule has 0 aliphatic rings. The third kappa shape index (κ3) is 21.3. The summed E-state index contributed by atoms with van der Waals surface area (Å²) in [6, 6.07) is 0. The summed E-state index contributed by atoms with van der Waals surface area (Å²) in [5.41, 5.74) is 11.0. The highest BCUT2D eigenvalue weighted by molar-refractivity contribution is 5.13.